The number of hydrogen-bond acceptors (Lipinski definition) is 4. The summed E-state index contributed by atoms with van der Waals surface area (Å²) < 4.78 is 0. The van der Waals surface area contributed by atoms with Crippen molar-refractivity contribution in [2.45, 2.75) is 24.7 Å². The van der Waals surface area contributed by atoms with Crippen molar-refractivity contribution < 1.29 is 19.9 Å². The molecule has 0 amide bonds. The molecule has 3 atom stereocenters. The number of rotatable bonds is 1. The SMILES string of the molecule is OOC1[C@@H]2C=CC[C@H]1OO2. The first-order chi connectivity index (χ1) is 4.92. The molecule has 2 rings (SSSR count). The van der Waals surface area contributed by atoms with Crippen molar-refractivity contribution in [3.63, 3.8) is 0 Å². The molecule has 1 N–H and O–H groups in total. The van der Waals surface area contributed by atoms with Crippen LogP contribution >= 0.6 is 0 Å². The Kier molecular flexibility index (Phi) is 1.46. The fraction of sp³-hybridized carbons (Fsp3) is 0.667. The largest absolute Gasteiger partial charge is 0.251 e. The first kappa shape index (κ1) is 6.30. The van der Waals surface area contributed by atoms with Crippen molar-refractivity contribution in [3.05, 3.63) is 12.2 Å². The van der Waals surface area contributed by atoms with Crippen LogP contribution in [0.3, 0.4) is 0 Å². The summed E-state index contributed by atoms with van der Waals surface area (Å²) in [5.41, 5.74) is 0. The van der Waals surface area contributed by atoms with Gasteiger partial charge in [0.1, 0.15) is 12.2 Å². The molecule has 1 fully saturated rings. The Hall–Kier alpha value is -0.420. The average Bonchev–Trinajstić information content (AvgIpc) is 2.19. The van der Waals surface area contributed by atoms with Gasteiger partial charge in [0.25, 0.3) is 0 Å². The lowest BCUT2D eigenvalue weighted by molar-refractivity contribution is -0.290. The minimum absolute atomic E-state index is 0.139. The quantitative estimate of drug-likeness (QED) is 0.331. The van der Waals surface area contributed by atoms with E-state index in [0.29, 0.717) is 0 Å². The molecule has 0 spiro atoms. The van der Waals surface area contributed by atoms with Gasteiger partial charge in [-0.1, -0.05) is 12.2 Å². The Labute approximate surface area is 57.9 Å². The van der Waals surface area contributed by atoms with E-state index in [4.69, 9.17) is 15.0 Å². The molecule has 2 aliphatic rings. The van der Waals surface area contributed by atoms with Gasteiger partial charge in [0.05, 0.1) is 0 Å². The lowest BCUT2D eigenvalue weighted by Crippen LogP contribution is -2.33. The molecule has 0 aromatic heterocycles. The van der Waals surface area contributed by atoms with Crippen LogP contribution in [0.25, 0.3) is 0 Å². The molecular formula is C6H8O4. The van der Waals surface area contributed by atoms with Crippen LogP contribution in [0.1, 0.15) is 6.42 Å². The zero-order chi connectivity index (χ0) is 6.97. The molecule has 2 bridgehead atoms. The fourth-order valence-electron chi connectivity index (χ4n) is 1.25. The summed E-state index contributed by atoms with van der Waals surface area (Å²) in [5, 5.41) is 8.38. The van der Waals surface area contributed by atoms with E-state index < -0.39 is 0 Å². The molecule has 0 radical (unpaired) electrons. The first-order valence-corrected chi connectivity index (χ1v) is 3.21. The van der Waals surface area contributed by atoms with Crippen LogP contribution in [0.2, 0.25) is 0 Å². The van der Waals surface area contributed by atoms with E-state index in [1.165, 1.54) is 0 Å². The molecule has 0 saturated carbocycles. The summed E-state index contributed by atoms with van der Waals surface area (Å²) >= 11 is 0. The van der Waals surface area contributed by atoms with Crippen molar-refractivity contribution in [1.29, 1.82) is 0 Å². The van der Waals surface area contributed by atoms with Crippen molar-refractivity contribution in [1.82, 2.24) is 0 Å². The molecule has 1 heterocycles. The van der Waals surface area contributed by atoms with Crippen LogP contribution < -0.4 is 0 Å². The summed E-state index contributed by atoms with van der Waals surface area (Å²) in [6.45, 7) is 0. The smallest absolute Gasteiger partial charge is 0.155 e. The molecule has 4 nitrogen and oxygen atoms in total. The zero-order valence-corrected chi connectivity index (χ0v) is 5.27. The molecule has 56 valence electrons. The molecule has 1 aliphatic carbocycles. The summed E-state index contributed by atoms with van der Waals surface area (Å²) in [6, 6.07) is 0. The Morgan fingerprint density at radius 3 is 3.00 bits per heavy atom. The van der Waals surface area contributed by atoms with E-state index in [0.717, 1.165) is 6.42 Å². The van der Waals surface area contributed by atoms with Crippen molar-refractivity contribution in [3.8, 4) is 0 Å². The Morgan fingerprint density at radius 2 is 2.40 bits per heavy atom. The molecular weight excluding hydrogens is 136 g/mol. The predicted octanol–water partition coefficient (Wildman–Crippen LogP) is 0.504. The number of hydrogen-bond donors (Lipinski definition) is 1. The number of fused-ring (bicyclic) bond motifs is 2. The van der Waals surface area contributed by atoms with E-state index in [9.17, 15) is 0 Å². The maximum atomic E-state index is 8.38. The van der Waals surface area contributed by atoms with Crippen LogP contribution in [-0.4, -0.2) is 23.6 Å². The standard InChI is InChI=1S/C6H8O4/c7-8-6-4-2-1-3-5(6)10-9-4/h1-2,4-7H,3H2/t4-,5+,6?/m0/s1. The van der Waals surface area contributed by atoms with E-state index in [-0.39, 0.29) is 18.3 Å². The Bertz CT molecular complexity index is 156. The van der Waals surface area contributed by atoms with Gasteiger partial charge in [0.2, 0.25) is 0 Å². The first-order valence-electron chi connectivity index (χ1n) is 3.21. The van der Waals surface area contributed by atoms with Crippen LogP contribution in [0.15, 0.2) is 12.2 Å². The minimum Gasteiger partial charge on any atom is -0.251 e. The molecule has 0 aromatic carbocycles. The zero-order valence-electron chi connectivity index (χ0n) is 5.27. The summed E-state index contributed by atoms with van der Waals surface area (Å²) in [4.78, 5) is 13.8. The van der Waals surface area contributed by atoms with Crippen LogP contribution in [0.5, 0.6) is 0 Å². The highest BCUT2D eigenvalue weighted by Gasteiger charge is 2.41. The lowest BCUT2D eigenvalue weighted by Gasteiger charge is -2.16. The van der Waals surface area contributed by atoms with Gasteiger partial charge in [0.15, 0.2) is 6.10 Å². The monoisotopic (exact) mass is 144 g/mol. The van der Waals surface area contributed by atoms with Gasteiger partial charge < -0.3 is 0 Å². The second kappa shape index (κ2) is 2.32. The molecule has 0 aromatic rings. The van der Waals surface area contributed by atoms with Gasteiger partial charge in [-0.25, -0.2) is 14.7 Å². The molecule has 4 heteroatoms. The lowest BCUT2D eigenvalue weighted by atomic mass is 10.00. The third-order valence-corrected chi connectivity index (χ3v) is 1.80. The van der Waals surface area contributed by atoms with Crippen LogP contribution in [0.4, 0.5) is 0 Å². The van der Waals surface area contributed by atoms with E-state index in [2.05, 4.69) is 4.89 Å². The van der Waals surface area contributed by atoms with E-state index >= 15 is 0 Å². The van der Waals surface area contributed by atoms with Crippen molar-refractivity contribution in [2.24, 2.45) is 0 Å². The normalized spacial score (nSPS) is 44.3. The topological polar surface area (TPSA) is 47.9 Å². The highest BCUT2D eigenvalue weighted by atomic mass is 17.2. The Morgan fingerprint density at radius 1 is 1.50 bits per heavy atom. The second-order valence-electron chi connectivity index (χ2n) is 2.43. The van der Waals surface area contributed by atoms with Gasteiger partial charge in [0, 0.05) is 0 Å². The van der Waals surface area contributed by atoms with Crippen LogP contribution in [-0.2, 0) is 14.7 Å². The van der Waals surface area contributed by atoms with Gasteiger partial charge >= 0.3 is 0 Å². The van der Waals surface area contributed by atoms with E-state index in [1.807, 2.05) is 12.2 Å². The van der Waals surface area contributed by atoms with Gasteiger partial charge in [-0.15, -0.1) is 0 Å². The molecule has 1 saturated heterocycles. The highest BCUT2D eigenvalue weighted by Crippen LogP contribution is 2.27. The highest BCUT2D eigenvalue weighted by molar-refractivity contribution is 5.05. The van der Waals surface area contributed by atoms with Crippen molar-refractivity contribution in [2.75, 3.05) is 0 Å². The maximum Gasteiger partial charge on any atom is 0.155 e. The molecule has 1 aliphatic heterocycles. The van der Waals surface area contributed by atoms with Gasteiger partial charge in [-0.05, 0) is 6.42 Å². The van der Waals surface area contributed by atoms with E-state index in [1.54, 1.807) is 0 Å². The minimum atomic E-state index is -0.343. The van der Waals surface area contributed by atoms with Crippen molar-refractivity contribution >= 4 is 0 Å². The average molecular weight is 144 g/mol. The van der Waals surface area contributed by atoms with Gasteiger partial charge in [-0.2, -0.15) is 0 Å². The summed E-state index contributed by atoms with van der Waals surface area (Å²) in [5.74, 6) is 0. The fourth-order valence-corrected chi connectivity index (χ4v) is 1.25. The third-order valence-electron chi connectivity index (χ3n) is 1.80. The van der Waals surface area contributed by atoms with Gasteiger partial charge in [-0.3, -0.25) is 5.26 Å². The maximum absolute atomic E-state index is 8.38. The Balaban J connectivity index is 2.15. The summed E-state index contributed by atoms with van der Waals surface area (Å²) in [7, 11) is 0. The third kappa shape index (κ3) is 0.775. The van der Waals surface area contributed by atoms with Crippen LogP contribution in [0, 0.1) is 0 Å². The second-order valence-corrected chi connectivity index (χ2v) is 2.43. The predicted molar refractivity (Wildman–Crippen MR) is 31.0 cm³/mol. The molecule has 1 unspecified atom stereocenters. The molecule has 10 heavy (non-hydrogen) atoms. The summed E-state index contributed by atoms with van der Waals surface area (Å²) in [6.07, 6.45) is 3.80.